The van der Waals surface area contributed by atoms with E-state index in [1.807, 2.05) is 49.4 Å². The number of hydrogen-bond donors (Lipinski definition) is 2. The van der Waals surface area contributed by atoms with E-state index in [4.69, 9.17) is 10.2 Å². The van der Waals surface area contributed by atoms with Crippen LogP contribution >= 0.6 is 0 Å². The maximum absolute atomic E-state index is 12.9. The molecule has 0 aliphatic carbocycles. The Kier molecular flexibility index (Phi) is 4.13. The summed E-state index contributed by atoms with van der Waals surface area (Å²) >= 11 is 0. The molecule has 0 saturated heterocycles. The van der Waals surface area contributed by atoms with E-state index in [1.165, 1.54) is 10.9 Å². The number of fused-ring (bicyclic) bond motifs is 3. The van der Waals surface area contributed by atoms with Crippen molar-refractivity contribution in [2.45, 2.75) is 13.5 Å². The van der Waals surface area contributed by atoms with Crippen LogP contribution in [0.25, 0.3) is 22.1 Å². The van der Waals surface area contributed by atoms with Gasteiger partial charge in [-0.05, 0) is 30.7 Å². The van der Waals surface area contributed by atoms with Gasteiger partial charge in [0.15, 0.2) is 5.82 Å². The van der Waals surface area contributed by atoms with Gasteiger partial charge in [-0.15, -0.1) is 0 Å². The van der Waals surface area contributed by atoms with Crippen molar-refractivity contribution in [2.24, 2.45) is 0 Å². The Morgan fingerprint density at radius 1 is 1.07 bits per heavy atom. The number of hydrogen-bond acceptors (Lipinski definition) is 8. The summed E-state index contributed by atoms with van der Waals surface area (Å²) in [6.07, 6.45) is 1.46. The van der Waals surface area contributed by atoms with E-state index >= 15 is 0 Å². The van der Waals surface area contributed by atoms with Crippen LogP contribution in [0, 0.1) is 6.92 Å². The lowest BCUT2D eigenvalue weighted by Crippen LogP contribution is -2.22. The number of nitrogens with two attached hydrogens (primary N) is 1. The Hall–Kier alpha value is -4.27. The Balaban J connectivity index is 1.51. The first-order chi connectivity index (χ1) is 14.6. The van der Waals surface area contributed by atoms with Crippen molar-refractivity contribution in [1.82, 2.24) is 24.5 Å². The maximum atomic E-state index is 12.9. The van der Waals surface area contributed by atoms with E-state index in [9.17, 15) is 4.79 Å². The minimum atomic E-state index is -0.316. The highest BCUT2D eigenvalue weighted by molar-refractivity contribution is 6.01. The molecule has 3 N–H and O–H groups in total. The number of benzene rings is 2. The lowest BCUT2D eigenvalue weighted by atomic mass is 10.2. The Morgan fingerprint density at radius 3 is 2.73 bits per heavy atom. The minimum absolute atomic E-state index is 0.0573. The van der Waals surface area contributed by atoms with E-state index in [-0.39, 0.29) is 23.6 Å². The van der Waals surface area contributed by atoms with Crippen LogP contribution in [0.2, 0.25) is 0 Å². The molecule has 0 saturated carbocycles. The van der Waals surface area contributed by atoms with Crippen LogP contribution in [0.5, 0.6) is 0 Å². The number of aryl methyl sites for hydroxylation is 1. The number of aromatic nitrogens is 5. The van der Waals surface area contributed by atoms with Crippen LogP contribution in [-0.2, 0) is 6.54 Å². The van der Waals surface area contributed by atoms with Crippen LogP contribution in [0.15, 0.2) is 64.1 Å². The first-order valence-electron chi connectivity index (χ1n) is 9.28. The topological polar surface area (TPSA) is 125 Å². The second-order valence-corrected chi connectivity index (χ2v) is 6.83. The fraction of sp³-hybridized carbons (Fsp3) is 0.0952. The molecular formula is C21H17N7O2. The molecule has 148 valence electrons. The molecule has 5 aromatic rings. The fourth-order valence-electron chi connectivity index (χ4n) is 3.28. The van der Waals surface area contributed by atoms with Gasteiger partial charge in [0, 0.05) is 11.1 Å². The van der Waals surface area contributed by atoms with Crippen molar-refractivity contribution in [2.75, 3.05) is 11.1 Å². The molecule has 0 spiro atoms. The lowest BCUT2D eigenvalue weighted by Gasteiger charge is -2.10. The Bertz CT molecular complexity index is 1460. The summed E-state index contributed by atoms with van der Waals surface area (Å²) < 4.78 is 7.10. The van der Waals surface area contributed by atoms with Crippen molar-refractivity contribution < 1.29 is 4.42 Å². The average molecular weight is 399 g/mol. The summed E-state index contributed by atoms with van der Waals surface area (Å²) in [5.41, 5.74) is 8.78. The molecule has 0 atom stereocenters. The average Bonchev–Trinajstić information content (AvgIpc) is 3.11. The summed E-state index contributed by atoms with van der Waals surface area (Å²) in [4.78, 5) is 30.0. The molecule has 0 radical (unpaired) electrons. The summed E-state index contributed by atoms with van der Waals surface area (Å²) in [5.74, 6) is 0.692. The number of nitrogens with one attached hydrogen (secondary N) is 1. The van der Waals surface area contributed by atoms with Gasteiger partial charge < -0.3 is 15.5 Å². The predicted octanol–water partition coefficient (Wildman–Crippen LogP) is 3.01. The third-order valence-corrected chi connectivity index (χ3v) is 4.75. The second kappa shape index (κ2) is 6.96. The van der Waals surface area contributed by atoms with Gasteiger partial charge in [0.2, 0.25) is 17.5 Å². The normalized spacial score (nSPS) is 11.2. The number of furan rings is 1. The number of nitrogen functional groups attached to an aromatic ring is 1. The molecule has 2 aromatic carbocycles. The van der Waals surface area contributed by atoms with E-state index in [1.54, 1.807) is 6.07 Å². The molecule has 5 rings (SSSR count). The minimum Gasteiger partial charge on any atom is -0.448 e. The smallest absolute Gasteiger partial charge is 0.297 e. The van der Waals surface area contributed by atoms with Gasteiger partial charge in [-0.3, -0.25) is 9.36 Å². The lowest BCUT2D eigenvalue weighted by molar-refractivity contribution is 0.636. The zero-order chi connectivity index (χ0) is 20.7. The van der Waals surface area contributed by atoms with Crippen LogP contribution in [0.4, 0.5) is 17.6 Å². The van der Waals surface area contributed by atoms with Crippen LogP contribution in [0.3, 0.4) is 0 Å². The van der Waals surface area contributed by atoms with Crippen LogP contribution in [0.1, 0.15) is 11.4 Å². The van der Waals surface area contributed by atoms with Gasteiger partial charge in [-0.25, -0.2) is 4.98 Å². The largest absolute Gasteiger partial charge is 0.448 e. The Labute approximate surface area is 170 Å². The van der Waals surface area contributed by atoms with Gasteiger partial charge in [0.1, 0.15) is 11.1 Å². The van der Waals surface area contributed by atoms with Gasteiger partial charge in [-0.2, -0.15) is 15.0 Å². The van der Waals surface area contributed by atoms with Crippen LogP contribution in [-0.4, -0.2) is 24.5 Å². The van der Waals surface area contributed by atoms with Gasteiger partial charge >= 0.3 is 0 Å². The molecule has 9 nitrogen and oxygen atoms in total. The summed E-state index contributed by atoms with van der Waals surface area (Å²) in [6.45, 7) is 2.05. The van der Waals surface area contributed by atoms with E-state index in [0.29, 0.717) is 22.9 Å². The number of nitrogens with zero attached hydrogens (tertiary/aromatic N) is 5. The standard InChI is InChI=1S/C21H17N7O2/c1-12-6-2-4-8-14(12)24-21-26-16(25-20(22)27-21)10-28-11-23-17-13-7-3-5-9-15(13)30-18(17)19(28)29/h2-9,11H,10H2,1H3,(H3,22,24,25,26,27). The van der Waals surface area contributed by atoms with E-state index in [2.05, 4.69) is 25.3 Å². The molecule has 0 amide bonds. The van der Waals surface area contributed by atoms with Crippen molar-refractivity contribution in [3.05, 3.63) is 76.6 Å². The molecule has 30 heavy (non-hydrogen) atoms. The quantitative estimate of drug-likeness (QED) is 0.472. The second-order valence-electron chi connectivity index (χ2n) is 6.83. The number of rotatable bonds is 4. The molecule has 0 aliphatic rings. The zero-order valence-corrected chi connectivity index (χ0v) is 16.0. The highest BCUT2D eigenvalue weighted by atomic mass is 16.3. The summed E-state index contributed by atoms with van der Waals surface area (Å²) in [7, 11) is 0. The van der Waals surface area contributed by atoms with Crippen LogP contribution < -0.4 is 16.6 Å². The summed E-state index contributed by atoms with van der Waals surface area (Å²) in [6, 6.07) is 15.1. The predicted molar refractivity (Wildman–Crippen MR) is 114 cm³/mol. The molecule has 3 aromatic heterocycles. The van der Waals surface area contributed by atoms with Crippen molar-refractivity contribution in [3.63, 3.8) is 0 Å². The highest BCUT2D eigenvalue weighted by Gasteiger charge is 2.14. The first kappa shape index (κ1) is 17.8. The van der Waals surface area contributed by atoms with Crippen molar-refractivity contribution in [1.29, 1.82) is 0 Å². The van der Waals surface area contributed by atoms with E-state index in [0.717, 1.165) is 16.6 Å². The monoisotopic (exact) mass is 399 g/mol. The fourth-order valence-corrected chi connectivity index (χ4v) is 3.28. The van der Waals surface area contributed by atoms with Crippen molar-refractivity contribution >= 4 is 39.7 Å². The van der Waals surface area contributed by atoms with E-state index < -0.39 is 0 Å². The number of para-hydroxylation sites is 2. The molecule has 0 bridgehead atoms. The Morgan fingerprint density at radius 2 is 1.87 bits per heavy atom. The number of anilines is 3. The molecule has 0 aliphatic heterocycles. The third kappa shape index (κ3) is 3.12. The van der Waals surface area contributed by atoms with Gasteiger partial charge in [0.25, 0.3) is 5.56 Å². The molecular weight excluding hydrogens is 382 g/mol. The highest BCUT2D eigenvalue weighted by Crippen LogP contribution is 2.24. The molecule has 3 heterocycles. The zero-order valence-electron chi connectivity index (χ0n) is 16.0. The first-order valence-corrected chi connectivity index (χ1v) is 9.28. The summed E-state index contributed by atoms with van der Waals surface area (Å²) in [5, 5.41) is 3.93. The molecule has 9 heteroatoms. The molecule has 0 unspecified atom stereocenters. The third-order valence-electron chi connectivity index (χ3n) is 4.75. The van der Waals surface area contributed by atoms with Gasteiger partial charge in [-0.1, -0.05) is 30.3 Å². The van der Waals surface area contributed by atoms with Crippen molar-refractivity contribution in [3.8, 4) is 0 Å². The molecule has 0 fully saturated rings. The SMILES string of the molecule is Cc1ccccc1Nc1nc(N)nc(Cn2cnc3c(oc4ccccc43)c2=O)n1. The van der Waals surface area contributed by atoms with Gasteiger partial charge in [0.05, 0.1) is 12.9 Å². The maximum Gasteiger partial charge on any atom is 0.297 e.